The predicted octanol–water partition coefficient (Wildman–Crippen LogP) is 6.08. The second-order valence-electron chi connectivity index (χ2n) is 9.72. The van der Waals surface area contributed by atoms with Crippen LogP contribution in [0.3, 0.4) is 0 Å². The minimum atomic E-state index is -4.64. The van der Waals surface area contributed by atoms with Gasteiger partial charge in [-0.05, 0) is 42.8 Å². The van der Waals surface area contributed by atoms with Gasteiger partial charge in [-0.3, -0.25) is 4.79 Å². The lowest BCUT2D eigenvalue weighted by Crippen LogP contribution is -2.41. The van der Waals surface area contributed by atoms with E-state index in [2.05, 4.69) is 15.7 Å². The van der Waals surface area contributed by atoms with Crippen LogP contribution in [0.1, 0.15) is 45.4 Å². The molecular formula is C27H32F3N5O3. The molecule has 11 heteroatoms. The van der Waals surface area contributed by atoms with E-state index in [0.29, 0.717) is 23.7 Å². The Morgan fingerprint density at radius 3 is 2.26 bits per heavy atom. The Kier molecular flexibility index (Phi) is 8.70. The molecule has 0 aliphatic heterocycles. The van der Waals surface area contributed by atoms with E-state index in [1.165, 1.54) is 23.1 Å². The lowest BCUT2D eigenvalue weighted by Gasteiger charge is -2.23. The zero-order valence-corrected chi connectivity index (χ0v) is 22.0. The molecule has 0 fully saturated rings. The molecule has 0 aliphatic carbocycles. The first-order chi connectivity index (χ1) is 17.8. The fourth-order valence-corrected chi connectivity index (χ4v) is 3.67. The van der Waals surface area contributed by atoms with Gasteiger partial charge in [-0.25, -0.2) is 9.48 Å². The van der Waals surface area contributed by atoms with E-state index < -0.39 is 23.7 Å². The lowest BCUT2D eigenvalue weighted by atomic mass is 9.92. The molecule has 0 spiro atoms. The maximum atomic E-state index is 13.4. The normalized spacial score (nSPS) is 11.7. The van der Waals surface area contributed by atoms with Gasteiger partial charge in [0.2, 0.25) is 5.91 Å². The molecule has 0 unspecified atom stereocenters. The molecule has 1 heterocycles. The van der Waals surface area contributed by atoms with Crippen LogP contribution >= 0.6 is 0 Å². The Morgan fingerprint density at radius 1 is 1.03 bits per heavy atom. The van der Waals surface area contributed by atoms with Crippen LogP contribution in [0.4, 0.5) is 29.5 Å². The predicted molar refractivity (Wildman–Crippen MR) is 140 cm³/mol. The van der Waals surface area contributed by atoms with Crippen molar-refractivity contribution >= 4 is 23.4 Å². The first kappa shape index (κ1) is 28.5. The maximum Gasteiger partial charge on any atom is 0.418 e. The van der Waals surface area contributed by atoms with Crippen LogP contribution in [0, 0.1) is 0 Å². The molecule has 0 atom stereocenters. The van der Waals surface area contributed by atoms with Gasteiger partial charge in [0.15, 0.2) is 0 Å². The van der Waals surface area contributed by atoms with E-state index in [9.17, 15) is 22.8 Å². The molecule has 8 nitrogen and oxygen atoms in total. The number of hydrogen-bond donors (Lipinski definition) is 2. The molecule has 3 amide bonds. The van der Waals surface area contributed by atoms with Crippen molar-refractivity contribution in [1.82, 2.24) is 14.7 Å². The summed E-state index contributed by atoms with van der Waals surface area (Å²) in [7, 11) is 1.56. The molecule has 1 aromatic heterocycles. The van der Waals surface area contributed by atoms with Crippen LogP contribution in [-0.4, -0.2) is 46.8 Å². The third-order valence-corrected chi connectivity index (χ3v) is 5.65. The first-order valence-electron chi connectivity index (χ1n) is 12.1. The van der Waals surface area contributed by atoms with Gasteiger partial charge in [0.1, 0.15) is 18.1 Å². The number of ether oxygens (including phenoxy) is 1. The van der Waals surface area contributed by atoms with Gasteiger partial charge in [-0.15, -0.1) is 0 Å². The van der Waals surface area contributed by atoms with E-state index in [1.807, 2.05) is 20.8 Å². The van der Waals surface area contributed by atoms with E-state index >= 15 is 0 Å². The minimum absolute atomic E-state index is 0.165. The van der Waals surface area contributed by atoms with Crippen LogP contribution in [-0.2, 0) is 16.4 Å². The maximum absolute atomic E-state index is 13.4. The number of rotatable bonds is 8. The fraction of sp³-hybridized carbons (Fsp3) is 0.370. The molecule has 0 saturated carbocycles. The Hall–Kier alpha value is -4.02. The van der Waals surface area contributed by atoms with Gasteiger partial charge in [0.25, 0.3) is 0 Å². The Balaban J connectivity index is 1.82. The fourth-order valence-electron chi connectivity index (χ4n) is 3.67. The number of methoxy groups -OCH3 is 1. The van der Waals surface area contributed by atoms with Crippen LogP contribution in [0.15, 0.2) is 54.6 Å². The van der Waals surface area contributed by atoms with Crippen molar-refractivity contribution in [3.05, 3.63) is 65.9 Å². The molecule has 0 aliphatic rings. The van der Waals surface area contributed by atoms with E-state index in [1.54, 1.807) is 49.0 Å². The zero-order valence-electron chi connectivity index (χ0n) is 22.0. The largest absolute Gasteiger partial charge is 0.497 e. The van der Waals surface area contributed by atoms with Gasteiger partial charge >= 0.3 is 12.2 Å². The second kappa shape index (κ2) is 11.6. The molecule has 0 radical (unpaired) electrons. The Labute approximate surface area is 219 Å². The number of nitrogens with zero attached hydrogens (tertiary/aromatic N) is 3. The lowest BCUT2D eigenvalue weighted by molar-refractivity contribution is -0.137. The molecule has 38 heavy (non-hydrogen) atoms. The highest BCUT2D eigenvalue weighted by molar-refractivity contribution is 5.97. The number of amides is 3. The van der Waals surface area contributed by atoms with Crippen molar-refractivity contribution in [3.8, 4) is 11.4 Å². The number of aromatic nitrogens is 2. The quantitative estimate of drug-likeness (QED) is 0.369. The monoisotopic (exact) mass is 531 g/mol. The third kappa shape index (κ3) is 7.05. The van der Waals surface area contributed by atoms with E-state index in [-0.39, 0.29) is 24.2 Å². The summed E-state index contributed by atoms with van der Waals surface area (Å²) in [5, 5.41) is 9.76. The number of nitrogens with one attached hydrogen (secondary N) is 2. The van der Waals surface area contributed by atoms with Crippen molar-refractivity contribution in [1.29, 1.82) is 0 Å². The van der Waals surface area contributed by atoms with Gasteiger partial charge in [0, 0.05) is 18.0 Å². The first-order valence-corrected chi connectivity index (χ1v) is 12.1. The summed E-state index contributed by atoms with van der Waals surface area (Å²) in [5.74, 6) is 0.535. The van der Waals surface area contributed by atoms with Gasteiger partial charge in [-0.2, -0.15) is 18.3 Å². The number of alkyl halides is 3. The van der Waals surface area contributed by atoms with Crippen molar-refractivity contribution in [3.63, 3.8) is 0 Å². The van der Waals surface area contributed by atoms with Crippen molar-refractivity contribution in [2.45, 2.75) is 45.7 Å². The smallest absolute Gasteiger partial charge is 0.418 e. The zero-order chi connectivity index (χ0) is 28.1. The van der Waals surface area contributed by atoms with Gasteiger partial charge < -0.3 is 20.3 Å². The SMILES string of the molecule is CCCN(CC(=O)Nc1cc(C(C)(C)C)nn1-c1ccc(OC)cc1)C(=O)Nc1ccccc1C(F)(F)F. The van der Waals surface area contributed by atoms with E-state index in [0.717, 1.165) is 11.8 Å². The number of urea groups is 1. The molecule has 2 N–H and O–H groups in total. The van der Waals surface area contributed by atoms with Crippen LogP contribution in [0.25, 0.3) is 5.69 Å². The van der Waals surface area contributed by atoms with Gasteiger partial charge in [0.05, 0.1) is 29.7 Å². The summed E-state index contributed by atoms with van der Waals surface area (Å²) in [5.41, 5.74) is -0.234. The number of carbonyl (C=O) groups excluding carboxylic acids is 2. The molecular weight excluding hydrogens is 499 g/mol. The minimum Gasteiger partial charge on any atom is -0.497 e. The molecule has 3 rings (SSSR count). The number of carbonyl (C=O) groups is 2. The molecule has 2 aromatic carbocycles. The number of anilines is 2. The molecule has 0 bridgehead atoms. The molecule has 0 saturated heterocycles. The number of para-hydroxylation sites is 1. The molecule has 204 valence electrons. The third-order valence-electron chi connectivity index (χ3n) is 5.65. The summed E-state index contributed by atoms with van der Waals surface area (Å²) in [6, 6.07) is 12.8. The Bertz CT molecular complexity index is 1260. The average Bonchev–Trinajstić information content (AvgIpc) is 3.27. The van der Waals surface area contributed by atoms with Crippen LogP contribution < -0.4 is 15.4 Å². The molecule has 3 aromatic rings. The number of halogens is 3. The highest BCUT2D eigenvalue weighted by Crippen LogP contribution is 2.34. The summed E-state index contributed by atoms with van der Waals surface area (Å²) in [6.07, 6.45) is -4.14. The second-order valence-corrected chi connectivity index (χ2v) is 9.72. The number of benzene rings is 2. The highest BCUT2D eigenvalue weighted by atomic mass is 19.4. The van der Waals surface area contributed by atoms with Crippen LogP contribution in [0.2, 0.25) is 0 Å². The van der Waals surface area contributed by atoms with E-state index in [4.69, 9.17) is 4.74 Å². The topological polar surface area (TPSA) is 88.5 Å². The Morgan fingerprint density at radius 2 is 1.68 bits per heavy atom. The standard InChI is InChI=1S/C27H32F3N5O3/c1-6-15-34(25(37)31-21-10-8-7-9-20(21)27(28,29)30)17-24(36)32-23-16-22(26(2,3)4)33-35(23)18-11-13-19(38-5)14-12-18/h7-14,16H,6,15,17H2,1-5H3,(H,31,37)(H,32,36). The highest BCUT2D eigenvalue weighted by Gasteiger charge is 2.34. The van der Waals surface area contributed by atoms with Crippen molar-refractivity contribution < 1.29 is 27.5 Å². The average molecular weight is 532 g/mol. The summed E-state index contributed by atoms with van der Waals surface area (Å²) < 4.78 is 46.9. The summed E-state index contributed by atoms with van der Waals surface area (Å²) in [6.45, 7) is 7.57. The van der Waals surface area contributed by atoms with Crippen LogP contribution in [0.5, 0.6) is 5.75 Å². The summed E-state index contributed by atoms with van der Waals surface area (Å²) in [4.78, 5) is 27.1. The van der Waals surface area contributed by atoms with Crippen molar-refractivity contribution in [2.24, 2.45) is 0 Å². The number of hydrogen-bond acceptors (Lipinski definition) is 4. The van der Waals surface area contributed by atoms with Crippen molar-refractivity contribution in [2.75, 3.05) is 30.8 Å². The van der Waals surface area contributed by atoms with Gasteiger partial charge in [-0.1, -0.05) is 39.8 Å². The summed E-state index contributed by atoms with van der Waals surface area (Å²) >= 11 is 0.